The maximum Gasteiger partial charge on any atom is 0.263 e. The first-order valence-corrected chi connectivity index (χ1v) is 8.75. The number of benzene rings is 2. The lowest BCUT2D eigenvalue weighted by Gasteiger charge is -2.07. The Hall–Kier alpha value is -3.04. The van der Waals surface area contributed by atoms with Gasteiger partial charge in [-0.1, -0.05) is 30.3 Å². The molecule has 3 rings (SSSR count). The molecule has 24 heavy (non-hydrogen) atoms. The first-order valence-electron chi connectivity index (χ1n) is 7.27. The molecular formula is C18H15N3O2S. The average Bonchev–Trinajstić information content (AvgIpc) is 3.06. The van der Waals surface area contributed by atoms with Crippen molar-refractivity contribution < 1.29 is 8.42 Å². The summed E-state index contributed by atoms with van der Waals surface area (Å²) in [5.41, 5.74) is 3.30. The number of nitrogens with one attached hydrogen (secondary N) is 2. The predicted octanol–water partition coefficient (Wildman–Crippen LogP) is 3.66. The molecule has 0 amide bonds. The van der Waals surface area contributed by atoms with Gasteiger partial charge in [0.25, 0.3) is 10.0 Å². The largest absolute Gasteiger partial charge is 0.360 e. The molecule has 1 heterocycles. The number of sulfonamides is 1. The van der Waals surface area contributed by atoms with Gasteiger partial charge in [-0.05, 0) is 42.3 Å². The Morgan fingerprint density at radius 2 is 1.83 bits per heavy atom. The van der Waals surface area contributed by atoms with Crippen LogP contribution in [0.4, 0.5) is 5.69 Å². The van der Waals surface area contributed by atoms with Gasteiger partial charge in [0.05, 0.1) is 11.6 Å². The highest BCUT2D eigenvalue weighted by Gasteiger charge is 2.17. The first-order chi connectivity index (χ1) is 11.5. The van der Waals surface area contributed by atoms with Crippen LogP contribution < -0.4 is 4.72 Å². The van der Waals surface area contributed by atoms with E-state index in [-0.39, 0.29) is 4.90 Å². The fourth-order valence-corrected chi connectivity index (χ4v) is 3.42. The van der Waals surface area contributed by atoms with Crippen molar-refractivity contribution in [1.82, 2.24) is 4.98 Å². The van der Waals surface area contributed by atoms with Crippen LogP contribution in [-0.2, 0) is 10.0 Å². The lowest BCUT2D eigenvalue weighted by molar-refractivity contribution is 0.601. The number of aromatic amines is 1. The molecule has 2 aromatic carbocycles. The van der Waals surface area contributed by atoms with Gasteiger partial charge in [-0.2, -0.15) is 5.26 Å². The van der Waals surface area contributed by atoms with E-state index in [4.69, 9.17) is 5.26 Å². The lowest BCUT2D eigenvalue weighted by atomic mass is 10.1. The summed E-state index contributed by atoms with van der Waals surface area (Å²) in [5, 5.41) is 8.94. The van der Waals surface area contributed by atoms with Crippen LogP contribution >= 0.6 is 0 Å². The fourth-order valence-electron chi connectivity index (χ4n) is 2.38. The molecule has 0 aliphatic carbocycles. The summed E-state index contributed by atoms with van der Waals surface area (Å²) < 4.78 is 27.6. The molecule has 0 fully saturated rings. The van der Waals surface area contributed by atoms with Gasteiger partial charge in [0.2, 0.25) is 0 Å². The SMILES string of the molecule is Cc1cc(NS(=O)(=O)c2c[nH]c(-c3ccccc3)c2)ccc1C#N. The van der Waals surface area contributed by atoms with E-state index in [1.165, 1.54) is 6.20 Å². The van der Waals surface area contributed by atoms with Crippen LogP contribution in [0.3, 0.4) is 0 Å². The number of H-pyrrole nitrogens is 1. The number of aryl methyl sites for hydroxylation is 1. The Morgan fingerprint density at radius 3 is 2.50 bits per heavy atom. The maximum absolute atomic E-state index is 12.5. The molecule has 0 saturated carbocycles. The van der Waals surface area contributed by atoms with Gasteiger partial charge in [0, 0.05) is 17.6 Å². The third kappa shape index (κ3) is 3.16. The second kappa shape index (κ2) is 6.22. The number of nitrogens with zero attached hydrogens (tertiary/aromatic N) is 1. The van der Waals surface area contributed by atoms with Gasteiger partial charge < -0.3 is 4.98 Å². The minimum atomic E-state index is -3.70. The summed E-state index contributed by atoms with van der Waals surface area (Å²) in [4.78, 5) is 3.14. The van der Waals surface area contributed by atoms with E-state index in [9.17, 15) is 8.42 Å². The Labute approximate surface area is 140 Å². The average molecular weight is 337 g/mol. The molecule has 0 radical (unpaired) electrons. The van der Waals surface area contributed by atoms with E-state index >= 15 is 0 Å². The van der Waals surface area contributed by atoms with Gasteiger partial charge in [0.1, 0.15) is 4.90 Å². The molecule has 0 aliphatic heterocycles. The van der Waals surface area contributed by atoms with Crippen molar-refractivity contribution in [2.45, 2.75) is 11.8 Å². The van der Waals surface area contributed by atoms with Crippen LogP contribution in [0.1, 0.15) is 11.1 Å². The molecule has 6 heteroatoms. The lowest BCUT2D eigenvalue weighted by Crippen LogP contribution is -2.12. The van der Waals surface area contributed by atoms with Crippen LogP contribution in [0.15, 0.2) is 65.7 Å². The third-order valence-corrected chi connectivity index (χ3v) is 5.01. The molecule has 0 atom stereocenters. The van der Waals surface area contributed by atoms with Crippen LogP contribution in [0, 0.1) is 18.3 Å². The van der Waals surface area contributed by atoms with E-state index in [0.717, 1.165) is 16.8 Å². The minimum absolute atomic E-state index is 0.156. The Balaban J connectivity index is 1.88. The summed E-state index contributed by atoms with van der Waals surface area (Å²) in [5.74, 6) is 0. The van der Waals surface area contributed by atoms with E-state index in [2.05, 4.69) is 15.8 Å². The number of hydrogen-bond acceptors (Lipinski definition) is 3. The highest BCUT2D eigenvalue weighted by atomic mass is 32.2. The van der Waals surface area contributed by atoms with Crippen LogP contribution in [0.25, 0.3) is 11.3 Å². The highest BCUT2D eigenvalue weighted by Crippen LogP contribution is 2.23. The Bertz CT molecular complexity index is 1020. The second-order valence-electron chi connectivity index (χ2n) is 5.36. The van der Waals surface area contributed by atoms with E-state index < -0.39 is 10.0 Å². The molecule has 1 aromatic heterocycles. The van der Waals surface area contributed by atoms with Crippen molar-refractivity contribution >= 4 is 15.7 Å². The van der Waals surface area contributed by atoms with Gasteiger partial charge in [-0.3, -0.25) is 4.72 Å². The summed E-state index contributed by atoms with van der Waals surface area (Å²) in [6.45, 7) is 1.76. The highest BCUT2D eigenvalue weighted by molar-refractivity contribution is 7.92. The number of aromatic nitrogens is 1. The molecule has 0 aliphatic rings. The zero-order valence-electron chi connectivity index (χ0n) is 12.9. The first kappa shape index (κ1) is 15.8. The monoisotopic (exact) mass is 337 g/mol. The molecule has 2 N–H and O–H groups in total. The number of hydrogen-bond donors (Lipinski definition) is 2. The summed E-state index contributed by atoms with van der Waals surface area (Å²) >= 11 is 0. The van der Waals surface area contributed by atoms with Gasteiger partial charge in [-0.25, -0.2) is 8.42 Å². The number of nitriles is 1. The van der Waals surface area contributed by atoms with Crippen molar-refractivity contribution in [3.63, 3.8) is 0 Å². The van der Waals surface area contributed by atoms with Gasteiger partial charge >= 0.3 is 0 Å². The second-order valence-corrected chi connectivity index (χ2v) is 7.04. The zero-order chi connectivity index (χ0) is 17.2. The molecule has 0 unspecified atom stereocenters. The Morgan fingerprint density at radius 1 is 1.08 bits per heavy atom. The normalized spacial score (nSPS) is 11.0. The quantitative estimate of drug-likeness (QED) is 0.762. The topological polar surface area (TPSA) is 85.8 Å². The van der Waals surface area contributed by atoms with Gasteiger partial charge in [-0.15, -0.1) is 0 Å². The van der Waals surface area contributed by atoms with Crippen molar-refractivity contribution in [2.75, 3.05) is 4.72 Å². The smallest absolute Gasteiger partial charge is 0.263 e. The molecule has 3 aromatic rings. The van der Waals surface area contributed by atoms with Crippen LogP contribution in [0.5, 0.6) is 0 Å². The van der Waals surface area contributed by atoms with Crippen molar-refractivity contribution in [2.24, 2.45) is 0 Å². The van der Waals surface area contributed by atoms with Crippen LogP contribution in [-0.4, -0.2) is 13.4 Å². The number of anilines is 1. The summed E-state index contributed by atoms with van der Waals surface area (Å²) in [6, 6.07) is 18.0. The molecule has 0 bridgehead atoms. The minimum Gasteiger partial charge on any atom is -0.360 e. The predicted molar refractivity (Wildman–Crippen MR) is 92.9 cm³/mol. The van der Waals surface area contributed by atoms with E-state index in [0.29, 0.717) is 11.3 Å². The third-order valence-electron chi connectivity index (χ3n) is 3.65. The summed E-state index contributed by atoms with van der Waals surface area (Å²) in [6.07, 6.45) is 1.46. The molecule has 0 spiro atoms. The maximum atomic E-state index is 12.5. The van der Waals surface area contributed by atoms with E-state index in [1.807, 2.05) is 30.3 Å². The molecular weight excluding hydrogens is 322 g/mol. The van der Waals surface area contributed by atoms with Crippen molar-refractivity contribution in [3.8, 4) is 17.3 Å². The molecule has 120 valence electrons. The molecule has 5 nitrogen and oxygen atoms in total. The van der Waals surface area contributed by atoms with Crippen molar-refractivity contribution in [1.29, 1.82) is 5.26 Å². The fraction of sp³-hybridized carbons (Fsp3) is 0.0556. The van der Waals surface area contributed by atoms with Crippen molar-refractivity contribution in [3.05, 3.63) is 71.9 Å². The zero-order valence-corrected chi connectivity index (χ0v) is 13.8. The van der Waals surface area contributed by atoms with E-state index in [1.54, 1.807) is 31.2 Å². The number of rotatable bonds is 4. The van der Waals surface area contributed by atoms with Crippen LogP contribution in [0.2, 0.25) is 0 Å². The molecule has 0 saturated heterocycles. The summed E-state index contributed by atoms with van der Waals surface area (Å²) in [7, 11) is -3.70. The Kier molecular flexibility index (Phi) is 4.11. The standard InChI is InChI=1S/C18H15N3O2S/c1-13-9-16(8-7-15(13)11-19)21-24(22,23)17-10-18(20-12-17)14-5-3-2-4-6-14/h2-10,12,20-21H,1H3. The van der Waals surface area contributed by atoms with Gasteiger partial charge in [0.15, 0.2) is 0 Å².